The summed E-state index contributed by atoms with van der Waals surface area (Å²) in [5, 5.41) is 26.1. The molecule has 0 saturated heterocycles. The van der Waals surface area contributed by atoms with Gasteiger partial charge in [0.2, 0.25) is 0 Å². The number of thiazole rings is 1. The molecule has 0 radical (unpaired) electrons. The number of Topliss-reactive ketones (excluding diaryl/α,β-unsaturated/α-hetero) is 1. The topological polar surface area (TPSA) is 172 Å². The lowest BCUT2D eigenvalue weighted by atomic mass is 9.73. The third-order valence-electron chi connectivity index (χ3n) is 8.89. The van der Waals surface area contributed by atoms with Crippen LogP contribution in [-0.4, -0.2) is 51.2 Å². The molecule has 0 aliphatic carbocycles. The van der Waals surface area contributed by atoms with Crippen molar-refractivity contribution in [2.45, 2.75) is 98.6 Å². The summed E-state index contributed by atoms with van der Waals surface area (Å²) in [4.78, 5) is 45.1. The highest BCUT2D eigenvalue weighted by atomic mass is 32.1. The Hall–Kier alpha value is -4.11. The summed E-state index contributed by atoms with van der Waals surface area (Å²) in [7, 11) is 0. The maximum absolute atomic E-state index is 14.4. The van der Waals surface area contributed by atoms with Gasteiger partial charge in [-0.05, 0) is 56.2 Å². The number of halogens is 4. The number of rotatable bonds is 6. The van der Waals surface area contributed by atoms with E-state index in [4.69, 9.17) is 15.0 Å². The zero-order valence-corrected chi connectivity index (χ0v) is 29.3. The molecule has 0 spiro atoms. The number of cyclic esters (lactones) is 1. The minimum absolute atomic E-state index is 0.152. The van der Waals surface area contributed by atoms with Crippen molar-refractivity contribution >= 4 is 40.8 Å². The fourth-order valence-corrected chi connectivity index (χ4v) is 6.21. The second kappa shape index (κ2) is 17.2. The van der Waals surface area contributed by atoms with E-state index in [9.17, 15) is 42.2 Å². The molecule has 0 bridgehead atoms. The number of nitrogens with zero attached hydrogens (tertiary/aromatic N) is 4. The van der Waals surface area contributed by atoms with Gasteiger partial charge in [0.15, 0.2) is 23.3 Å². The van der Waals surface area contributed by atoms with Gasteiger partial charge in [-0.1, -0.05) is 44.5 Å². The van der Waals surface area contributed by atoms with Crippen molar-refractivity contribution in [2.75, 3.05) is 0 Å². The molecule has 0 saturated carbocycles. The number of ether oxygens (including phenoxy) is 2. The Bertz CT molecular complexity index is 1690. The third kappa shape index (κ3) is 9.56. The van der Waals surface area contributed by atoms with E-state index in [0.29, 0.717) is 24.1 Å². The zero-order chi connectivity index (χ0) is 37.5. The Morgan fingerprint density at radius 1 is 1.18 bits per heavy atom. The Balaban J connectivity index is 1.81. The van der Waals surface area contributed by atoms with Crippen molar-refractivity contribution in [3.8, 4) is 0 Å². The fourth-order valence-electron chi connectivity index (χ4n) is 5.54. The van der Waals surface area contributed by atoms with E-state index in [1.807, 2.05) is 19.9 Å². The Morgan fingerprint density at radius 2 is 1.82 bits per heavy atom. The van der Waals surface area contributed by atoms with Gasteiger partial charge in [0, 0.05) is 22.6 Å². The maximum atomic E-state index is 14.4. The fraction of sp³-hybridized carbons (Fsp3) is 0.529. The summed E-state index contributed by atoms with van der Waals surface area (Å²) in [5.41, 5.74) is 5.75. The molecule has 2 heterocycles. The second-order valence-corrected chi connectivity index (χ2v) is 14.0. The van der Waals surface area contributed by atoms with E-state index in [1.165, 1.54) is 13.8 Å². The van der Waals surface area contributed by atoms with Crippen LogP contribution < -0.4 is 0 Å². The number of azide groups is 1. The minimum atomic E-state index is -2.09. The predicted octanol–water partition coefficient (Wildman–Crippen LogP) is 7.81. The molecule has 1 aromatic heterocycles. The summed E-state index contributed by atoms with van der Waals surface area (Å²) < 4.78 is 67.5. The van der Waals surface area contributed by atoms with E-state index in [2.05, 4.69) is 15.0 Å². The normalized spacial score (nSPS) is 24.2. The van der Waals surface area contributed by atoms with E-state index in [0.717, 1.165) is 23.3 Å². The number of hydrogen-bond donors (Lipinski definition) is 2. The average molecular weight is 725 g/mol. The minimum Gasteiger partial charge on any atom is -0.457 e. The summed E-state index contributed by atoms with van der Waals surface area (Å²) in [6, 6.07) is 0. The summed E-state index contributed by atoms with van der Waals surface area (Å²) in [6.07, 6.45) is 2.41. The van der Waals surface area contributed by atoms with E-state index in [1.54, 1.807) is 25.3 Å². The second-order valence-electron chi connectivity index (χ2n) is 13.0. The molecule has 1 aliphatic rings. The third-order valence-corrected chi connectivity index (χ3v) is 9.73. The molecule has 0 amide bonds. The summed E-state index contributed by atoms with van der Waals surface area (Å²) in [6.45, 7) is 9.58. The van der Waals surface area contributed by atoms with Crippen LogP contribution in [0.15, 0.2) is 27.7 Å². The van der Waals surface area contributed by atoms with Gasteiger partial charge in [-0.3, -0.25) is 9.59 Å². The first-order valence-electron chi connectivity index (χ1n) is 15.9. The first kappa shape index (κ1) is 40.3. The number of carbonyl (C=O) groups is 3. The number of ketones is 1. The van der Waals surface area contributed by atoms with Crippen molar-refractivity contribution in [3.63, 3.8) is 0 Å². The van der Waals surface area contributed by atoms with E-state index in [-0.39, 0.29) is 23.1 Å². The number of esters is 2. The quantitative estimate of drug-likeness (QED) is 0.0578. The molecular formula is C34H40F4N4O7S. The molecule has 5 atom stereocenters. The van der Waals surface area contributed by atoms with Crippen LogP contribution in [0, 0.1) is 40.5 Å². The number of aliphatic hydroxyl groups excluding tert-OH is 2. The van der Waals surface area contributed by atoms with Gasteiger partial charge in [-0.25, -0.2) is 27.3 Å². The number of carbonyl (C=O) groups excluding carboxylic acids is 3. The Morgan fingerprint density at radius 3 is 2.44 bits per heavy atom. The van der Waals surface area contributed by atoms with Crippen LogP contribution in [0.1, 0.15) is 94.7 Å². The van der Waals surface area contributed by atoms with Crippen LogP contribution in [0.25, 0.3) is 16.5 Å². The first-order chi connectivity index (χ1) is 23.4. The van der Waals surface area contributed by atoms with Crippen molar-refractivity contribution in [3.05, 3.63) is 72.6 Å². The molecule has 272 valence electrons. The SMILES string of the molecule is CC1=CCC(C(C)=Cc2csc(COC(=O)c3c(F)c(F)c(N=[N+]=[N-])c(F)c3F)n2)OC(=O)CC(O)C(C)(C)C(=O)C(C)C(O)[C@@H](C)CCC1. The number of allylic oxidation sites excluding steroid dienone is 1. The molecule has 2 N–H and O–H groups in total. The average Bonchev–Trinajstić information content (AvgIpc) is 3.52. The summed E-state index contributed by atoms with van der Waals surface area (Å²) >= 11 is 1.00. The first-order valence-corrected chi connectivity index (χ1v) is 16.7. The number of hydrogen-bond acceptors (Lipinski definition) is 10. The van der Waals surface area contributed by atoms with Crippen molar-refractivity contribution in [1.82, 2.24) is 4.98 Å². The molecular weight excluding hydrogens is 684 g/mol. The standard InChI is InChI=1S/C34H40F4N4O7S/c1-16-8-7-9-17(2)31(45)19(4)32(46)34(5,6)22(43)13-24(44)49-21(11-10-16)18(3)12-20-15-50-23(40-20)14-48-33(47)25-26(35)28(37)30(41-42-39)29(38)27(25)36/h10,12,15,17,19,21-22,31,43,45H,7-9,11,13-14H2,1-6H3/t17-,19?,21?,22?,31?/m0/s1. The largest absolute Gasteiger partial charge is 0.457 e. The maximum Gasteiger partial charge on any atom is 0.344 e. The van der Waals surface area contributed by atoms with Crippen molar-refractivity contribution in [1.29, 1.82) is 0 Å². The highest BCUT2D eigenvalue weighted by Gasteiger charge is 2.42. The molecule has 50 heavy (non-hydrogen) atoms. The van der Waals surface area contributed by atoms with Crippen LogP contribution in [0.3, 0.4) is 0 Å². The van der Waals surface area contributed by atoms with Gasteiger partial charge in [0.05, 0.1) is 29.7 Å². The lowest BCUT2D eigenvalue weighted by Crippen LogP contribution is -2.45. The predicted molar refractivity (Wildman–Crippen MR) is 176 cm³/mol. The van der Waals surface area contributed by atoms with Gasteiger partial charge in [0.25, 0.3) is 0 Å². The molecule has 3 rings (SSSR count). The van der Waals surface area contributed by atoms with Crippen LogP contribution in [-0.2, 0) is 25.7 Å². The molecule has 1 aliphatic heterocycles. The molecule has 16 heteroatoms. The van der Waals surface area contributed by atoms with Crippen LogP contribution in [0.2, 0.25) is 0 Å². The lowest BCUT2D eigenvalue weighted by molar-refractivity contribution is -0.154. The molecule has 4 unspecified atom stereocenters. The van der Waals surface area contributed by atoms with Gasteiger partial charge in [-0.15, -0.1) is 11.3 Å². The number of benzene rings is 1. The highest BCUT2D eigenvalue weighted by molar-refractivity contribution is 7.09. The molecule has 2 aromatic rings. The van der Waals surface area contributed by atoms with Crippen molar-refractivity contribution < 1.29 is 51.6 Å². The van der Waals surface area contributed by atoms with Gasteiger partial charge < -0.3 is 19.7 Å². The highest BCUT2D eigenvalue weighted by Crippen LogP contribution is 2.33. The van der Waals surface area contributed by atoms with Crippen molar-refractivity contribution in [2.24, 2.45) is 22.4 Å². The van der Waals surface area contributed by atoms with E-state index < -0.39 is 89.1 Å². The number of aromatic nitrogens is 1. The molecule has 11 nitrogen and oxygen atoms in total. The number of aliphatic hydroxyl groups is 2. The molecule has 1 aromatic carbocycles. The van der Waals surface area contributed by atoms with Gasteiger partial charge in [-0.2, -0.15) is 0 Å². The zero-order valence-electron chi connectivity index (χ0n) is 28.5. The van der Waals surface area contributed by atoms with Crippen LogP contribution in [0.4, 0.5) is 23.2 Å². The van der Waals surface area contributed by atoms with Crippen LogP contribution in [0.5, 0.6) is 0 Å². The Labute approximate surface area is 290 Å². The van der Waals surface area contributed by atoms with Gasteiger partial charge >= 0.3 is 11.9 Å². The summed E-state index contributed by atoms with van der Waals surface area (Å²) in [5.74, 6) is -12.1. The Kier molecular flexibility index (Phi) is 13.9. The van der Waals surface area contributed by atoms with Gasteiger partial charge in [0.1, 0.15) is 34.8 Å². The monoisotopic (exact) mass is 724 g/mol. The van der Waals surface area contributed by atoms with E-state index >= 15 is 0 Å². The smallest absolute Gasteiger partial charge is 0.344 e. The lowest BCUT2D eigenvalue weighted by Gasteiger charge is -2.34. The van der Waals surface area contributed by atoms with Crippen LogP contribution >= 0.6 is 11.3 Å². The molecule has 0 fully saturated rings.